The molecule has 0 spiro atoms. The summed E-state index contributed by atoms with van der Waals surface area (Å²) < 4.78 is 2.10. The lowest BCUT2D eigenvalue weighted by Gasteiger charge is -2.11. The van der Waals surface area contributed by atoms with Crippen LogP contribution < -0.4 is 10.6 Å². The van der Waals surface area contributed by atoms with Gasteiger partial charge in [0, 0.05) is 47.8 Å². The Hall–Kier alpha value is -3.38. The topological polar surface area (TPSA) is 71.3 Å². The number of halogens is 1. The molecule has 0 saturated carbocycles. The standard InChI is InChI=1S/C23H22ClN5O/c1-3-25-23(30)28-21-8-7-16(13-26-21)9-17-10-20(18-5-4-6-19(24)11-18)22-27-12-15(2)29(22)14-17/h4-8,10-14H,3,9H2,1-2H3,(H2,25,26,28,30). The van der Waals surface area contributed by atoms with Gasteiger partial charge in [0.1, 0.15) is 11.5 Å². The van der Waals surface area contributed by atoms with Crippen molar-refractivity contribution >= 4 is 29.1 Å². The predicted molar refractivity (Wildman–Crippen MR) is 120 cm³/mol. The van der Waals surface area contributed by atoms with Gasteiger partial charge in [-0.2, -0.15) is 0 Å². The highest BCUT2D eigenvalue weighted by Gasteiger charge is 2.11. The zero-order valence-corrected chi connectivity index (χ0v) is 17.6. The van der Waals surface area contributed by atoms with E-state index >= 15 is 0 Å². The van der Waals surface area contributed by atoms with E-state index in [1.165, 1.54) is 0 Å². The Balaban J connectivity index is 1.65. The van der Waals surface area contributed by atoms with Crippen LogP contribution in [0.5, 0.6) is 0 Å². The molecule has 3 aromatic heterocycles. The second-order valence-corrected chi connectivity index (χ2v) is 7.51. The van der Waals surface area contributed by atoms with E-state index in [1.54, 1.807) is 6.20 Å². The molecule has 4 aromatic rings. The molecule has 0 aliphatic rings. The molecule has 0 fully saturated rings. The summed E-state index contributed by atoms with van der Waals surface area (Å²) in [5.74, 6) is 0.519. The van der Waals surface area contributed by atoms with Crippen molar-refractivity contribution in [2.24, 2.45) is 0 Å². The minimum absolute atomic E-state index is 0.259. The fourth-order valence-electron chi connectivity index (χ4n) is 3.39. The van der Waals surface area contributed by atoms with Gasteiger partial charge in [-0.15, -0.1) is 0 Å². The van der Waals surface area contributed by atoms with Gasteiger partial charge in [-0.1, -0.05) is 29.8 Å². The average molecular weight is 420 g/mol. The fourth-order valence-corrected chi connectivity index (χ4v) is 3.58. The normalized spacial score (nSPS) is 10.9. The minimum Gasteiger partial charge on any atom is -0.338 e. The predicted octanol–water partition coefficient (Wildman–Crippen LogP) is 5.09. The molecule has 2 amide bonds. The van der Waals surface area contributed by atoms with E-state index in [0.29, 0.717) is 23.8 Å². The quantitative estimate of drug-likeness (QED) is 0.473. The Morgan fingerprint density at radius 1 is 1.10 bits per heavy atom. The van der Waals surface area contributed by atoms with Crippen molar-refractivity contribution in [2.75, 3.05) is 11.9 Å². The number of hydrogen-bond donors (Lipinski definition) is 2. The lowest BCUT2D eigenvalue weighted by molar-refractivity contribution is 0.252. The van der Waals surface area contributed by atoms with Crippen molar-refractivity contribution in [1.82, 2.24) is 19.7 Å². The first-order chi connectivity index (χ1) is 14.5. The Bertz CT molecular complexity index is 1200. The average Bonchev–Trinajstić information content (AvgIpc) is 3.10. The summed E-state index contributed by atoms with van der Waals surface area (Å²) in [6, 6.07) is 13.5. The Labute approximate surface area is 179 Å². The minimum atomic E-state index is -0.259. The highest BCUT2D eigenvalue weighted by atomic mass is 35.5. The second-order valence-electron chi connectivity index (χ2n) is 7.08. The number of nitrogens with one attached hydrogen (secondary N) is 2. The summed E-state index contributed by atoms with van der Waals surface area (Å²) in [4.78, 5) is 20.6. The van der Waals surface area contributed by atoms with Gasteiger partial charge in [0.15, 0.2) is 0 Å². The summed E-state index contributed by atoms with van der Waals surface area (Å²) in [6.07, 6.45) is 6.46. The summed E-state index contributed by atoms with van der Waals surface area (Å²) >= 11 is 6.22. The number of aromatic nitrogens is 3. The molecule has 4 rings (SSSR count). The van der Waals surface area contributed by atoms with Crippen molar-refractivity contribution in [3.63, 3.8) is 0 Å². The molecule has 152 valence electrons. The number of urea groups is 1. The Morgan fingerprint density at radius 2 is 1.97 bits per heavy atom. The van der Waals surface area contributed by atoms with Crippen LogP contribution in [-0.4, -0.2) is 26.9 Å². The first kappa shape index (κ1) is 19.9. The zero-order chi connectivity index (χ0) is 21.1. The van der Waals surface area contributed by atoms with E-state index in [-0.39, 0.29) is 6.03 Å². The summed E-state index contributed by atoms with van der Waals surface area (Å²) in [5.41, 5.74) is 6.20. The number of hydrogen-bond acceptors (Lipinski definition) is 3. The fraction of sp³-hybridized carbons (Fsp3) is 0.174. The van der Waals surface area contributed by atoms with Crippen molar-refractivity contribution < 1.29 is 4.79 Å². The highest BCUT2D eigenvalue weighted by Crippen LogP contribution is 2.29. The largest absolute Gasteiger partial charge is 0.338 e. The van der Waals surface area contributed by atoms with Gasteiger partial charge in [0.25, 0.3) is 0 Å². The SMILES string of the molecule is CCNC(=O)Nc1ccc(Cc2cc(-c3cccc(Cl)c3)c3ncc(C)n3c2)cn1. The number of nitrogens with zero attached hydrogens (tertiary/aromatic N) is 3. The number of imidazole rings is 1. The molecule has 0 radical (unpaired) electrons. The maximum absolute atomic E-state index is 11.6. The zero-order valence-electron chi connectivity index (χ0n) is 16.8. The number of carbonyl (C=O) groups excluding carboxylic acids is 1. The molecule has 1 aromatic carbocycles. The second kappa shape index (κ2) is 8.55. The molecular formula is C23H22ClN5O. The van der Waals surface area contributed by atoms with Crippen LogP contribution in [0.15, 0.2) is 61.1 Å². The molecule has 6 nitrogen and oxygen atoms in total. The summed E-state index contributed by atoms with van der Waals surface area (Å²) in [5, 5.41) is 6.09. The molecule has 2 N–H and O–H groups in total. The number of benzene rings is 1. The molecule has 7 heteroatoms. The molecule has 0 aliphatic carbocycles. The number of rotatable bonds is 5. The van der Waals surface area contributed by atoms with Crippen LogP contribution in [0.4, 0.5) is 10.6 Å². The van der Waals surface area contributed by atoms with Gasteiger partial charge in [-0.05, 0) is 54.8 Å². The molecule has 0 atom stereocenters. The van der Waals surface area contributed by atoms with Gasteiger partial charge in [-0.25, -0.2) is 14.8 Å². The van der Waals surface area contributed by atoms with Gasteiger partial charge in [-0.3, -0.25) is 5.32 Å². The number of anilines is 1. The maximum atomic E-state index is 11.6. The monoisotopic (exact) mass is 419 g/mol. The maximum Gasteiger partial charge on any atom is 0.320 e. The molecule has 30 heavy (non-hydrogen) atoms. The van der Waals surface area contributed by atoms with E-state index < -0.39 is 0 Å². The Kier molecular flexibility index (Phi) is 5.68. The van der Waals surface area contributed by atoms with Crippen LogP contribution in [0.1, 0.15) is 23.7 Å². The smallest absolute Gasteiger partial charge is 0.320 e. The van der Waals surface area contributed by atoms with Gasteiger partial charge >= 0.3 is 6.03 Å². The molecule has 3 heterocycles. The van der Waals surface area contributed by atoms with Crippen LogP contribution in [0.25, 0.3) is 16.8 Å². The first-order valence-corrected chi connectivity index (χ1v) is 10.1. The summed E-state index contributed by atoms with van der Waals surface area (Å²) in [6.45, 7) is 4.47. The van der Waals surface area contributed by atoms with Gasteiger partial charge in [0.05, 0.1) is 0 Å². The van der Waals surface area contributed by atoms with Crippen molar-refractivity contribution in [1.29, 1.82) is 0 Å². The lowest BCUT2D eigenvalue weighted by atomic mass is 10.0. The van der Waals surface area contributed by atoms with Gasteiger partial charge < -0.3 is 9.72 Å². The third-order valence-electron chi connectivity index (χ3n) is 4.79. The number of carbonyl (C=O) groups is 1. The van der Waals surface area contributed by atoms with E-state index in [0.717, 1.165) is 33.6 Å². The van der Waals surface area contributed by atoms with Crippen LogP contribution >= 0.6 is 11.6 Å². The highest BCUT2D eigenvalue weighted by molar-refractivity contribution is 6.30. The van der Waals surface area contributed by atoms with Crippen LogP contribution in [0.2, 0.25) is 5.02 Å². The number of pyridine rings is 2. The van der Waals surface area contributed by atoms with Crippen molar-refractivity contribution in [3.8, 4) is 11.1 Å². The van der Waals surface area contributed by atoms with Crippen molar-refractivity contribution in [3.05, 3.63) is 82.9 Å². The number of amides is 2. The third kappa shape index (κ3) is 4.28. The molecular weight excluding hydrogens is 398 g/mol. The van der Waals surface area contributed by atoms with E-state index in [9.17, 15) is 4.79 Å². The molecule has 0 bridgehead atoms. The lowest BCUT2D eigenvalue weighted by Crippen LogP contribution is -2.28. The van der Waals surface area contributed by atoms with E-state index in [2.05, 4.69) is 37.3 Å². The molecule has 0 unspecified atom stereocenters. The summed E-state index contributed by atoms with van der Waals surface area (Å²) in [7, 11) is 0. The van der Waals surface area contributed by atoms with Crippen LogP contribution in [0.3, 0.4) is 0 Å². The number of aryl methyl sites for hydroxylation is 1. The van der Waals surface area contributed by atoms with Gasteiger partial charge in [0.2, 0.25) is 0 Å². The Morgan fingerprint density at radius 3 is 2.70 bits per heavy atom. The van der Waals surface area contributed by atoms with E-state index in [4.69, 9.17) is 11.6 Å². The van der Waals surface area contributed by atoms with Crippen molar-refractivity contribution in [2.45, 2.75) is 20.3 Å². The third-order valence-corrected chi connectivity index (χ3v) is 5.03. The molecule has 0 saturated heterocycles. The van der Waals surface area contributed by atoms with E-state index in [1.807, 2.05) is 56.4 Å². The van der Waals surface area contributed by atoms with Crippen LogP contribution in [-0.2, 0) is 6.42 Å². The molecule has 0 aliphatic heterocycles. The first-order valence-electron chi connectivity index (χ1n) is 9.76. The van der Waals surface area contributed by atoms with Crippen LogP contribution in [0, 0.1) is 6.92 Å². The number of fused-ring (bicyclic) bond motifs is 1.